The first-order valence-electron chi connectivity index (χ1n) is 5.40. The maximum absolute atomic E-state index is 11.4. The molecule has 2 rings (SSSR count). The first-order chi connectivity index (χ1) is 9.47. The zero-order valence-corrected chi connectivity index (χ0v) is 11.1. The van der Waals surface area contributed by atoms with Gasteiger partial charge >= 0.3 is 11.7 Å². The molecule has 1 aliphatic rings. The standard InChI is InChI=1S/C8H11N3O3S.CH4N2O2/c9-5-1-2-11(8(13)10-5)6-4-15-7(3-12)14-6;2-1(4)3-5/h1-2,6-7,12H,3-4H2,(H2,9,10,13);5H,(H3,2,3,4)/t6-,7+;/m0./s1. The molecule has 0 aromatic carbocycles. The minimum Gasteiger partial charge on any atom is -0.393 e. The van der Waals surface area contributed by atoms with Crippen LogP contribution in [0.25, 0.3) is 0 Å². The summed E-state index contributed by atoms with van der Waals surface area (Å²) in [6, 6.07) is 0.604. The Morgan fingerprint density at radius 3 is 2.80 bits per heavy atom. The second kappa shape index (κ2) is 7.69. The summed E-state index contributed by atoms with van der Waals surface area (Å²) in [5.74, 6) is 0.817. The molecule has 20 heavy (non-hydrogen) atoms. The number of thioether (sulfide) groups is 1. The molecular weight excluding hydrogens is 290 g/mol. The third-order valence-corrected chi connectivity index (χ3v) is 3.26. The number of rotatable bonds is 2. The molecule has 2 atom stereocenters. The maximum Gasteiger partial charge on any atom is 0.351 e. The smallest absolute Gasteiger partial charge is 0.351 e. The third-order valence-electron chi connectivity index (χ3n) is 2.15. The fourth-order valence-corrected chi connectivity index (χ4v) is 2.26. The summed E-state index contributed by atoms with van der Waals surface area (Å²) in [7, 11) is 0. The van der Waals surface area contributed by atoms with Crippen LogP contribution in [0.4, 0.5) is 10.6 Å². The van der Waals surface area contributed by atoms with Crippen LogP contribution in [0, 0.1) is 0 Å². The van der Waals surface area contributed by atoms with Crippen molar-refractivity contribution in [3.8, 4) is 0 Å². The number of nitrogens with two attached hydrogens (primary N) is 2. The molecule has 112 valence electrons. The molecule has 10 nitrogen and oxygen atoms in total. The van der Waals surface area contributed by atoms with Gasteiger partial charge in [0.15, 0.2) is 0 Å². The van der Waals surface area contributed by atoms with E-state index in [1.165, 1.54) is 21.8 Å². The molecule has 1 aliphatic heterocycles. The SMILES string of the molecule is NC(=O)NO.Nc1ccn([C@@H]2CS[C@H](CO)O2)c(=O)n1. The lowest BCUT2D eigenvalue weighted by molar-refractivity contribution is -0.00629. The molecule has 2 amide bonds. The van der Waals surface area contributed by atoms with Crippen molar-refractivity contribution >= 4 is 23.6 Å². The van der Waals surface area contributed by atoms with E-state index in [1.54, 1.807) is 12.3 Å². The summed E-state index contributed by atoms with van der Waals surface area (Å²) in [6.07, 6.45) is 1.18. The van der Waals surface area contributed by atoms with Gasteiger partial charge in [0.25, 0.3) is 0 Å². The predicted octanol–water partition coefficient (Wildman–Crippen LogP) is -1.55. The molecule has 11 heteroatoms. The lowest BCUT2D eigenvalue weighted by atomic mass is 10.5. The topological polar surface area (TPSA) is 166 Å². The number of aromatic nitrogens is 2. The summed E-state index contributed by atoms with van der Waals surface area (Å²) in [5, 5.41) is 16.3. The van der Waals surface area contributed by atoms with Gasteiger partial charge in [-0.3, -0.25) is 9.77 Å². The molecule has 0 unspecified atom stereocenters. The number of primary amides is 1. The van der Waals surface area contributed by atoms with Gasteiger partial charge in [-0.05, 0) is 6.07 Å². The highest BCUT2D eigenvalue weighted by atomic mass is 32.2. The van der Waals surface area contributed by atoms with Crippen LogP contribution in [0.5, 0.6) is 0 Å². The average Bonchev–Trinajstić information content (AvgIpc) is 2.88. The molecule has 1 saturated heterocycles. The lowest BCUT2D eigenvalue weighted by Crippen LogP contribution is -2.28. The van der Waals surface area contributed by atoms with Crippen molar-refractivity contribution in [3.63, 3.8) is 0 Å². The van der Waals surface area contributed by atoms with Gasteiger partial charge in [-0.1, -0.05) is 0 Å². The number of carbonyl (C=O) groups is 1. The highest BCUT2D eigenvalue weighted by Gasteiger charge is 2.27. The Bertz CT molecular complexity index is 510. The van der Waals surface area contributed by atoms with Gasteiger partial charge in [0.2, 0.25) is 0 Å². The van der Waals surface area contributed by atoms with Crippen LogP contribution < -0.4 is 22.6 Å². The lowest BCUT2D eigenvalue weighted by Gasteiger charge is -2.13. The van der Waals surface area contributed by atoms with Crippen LogP contribution in [0.3, 0.4) is 0 Å². The van der Waals surface area contributed by atoms with Crippen molar-refractivity contribution in [2.24, 2.45) is 5.73 Å². The Morgan fingerprint density at radius 1 is 1.70 bits per heavy atom. The highest BCUT2D eigenvalue weighted by Crippen LogP contribution is 2.30. The van der Waals surface area contributed by atoms with E-state index >= 15 is 0 Å². The molecule has 0 saturated carbocycles. The fraction of sp³-hybridized carbons (Fsp3) is 0.444. The number of aliphatic hydroxyl groups excluding tert-OH is 1. The van der Waals surface area contributed by atoms with Gasteiger partial charge in [-0.15, -0.1) is 11.8 Å². The highest BCUT2D eigenvalue weighted by molar-refractivity contribution is 8.00. The van der Waals surface area contributed by atoms with E-state index in [0.717, 1.165) is 0 Å². The molecule has 7 N–H and O–H groups in total. The van der Waals surface area contributed by atoms with E-state index in [4.69, 9.17) is 20.8 Å². The second-order valence-corrected chi connectivity index (χ2v) is 4.75. The van der Waals surface area contributed by atoms with Crippen LogP contribution in [0.1, 0.15) is 6.23 Å². The Balaban J connectivity index is 0.000000347. The number of ether oxygens (including phenoxy) is 1. The summed E-state index contributed by atoms with van der Waals surface area (Å²) in [6.45, 7) is -0.0572. The number of urea groups is 1. The number of carbonyl (C=O) groups excluding carboxylic acids is 1. The van der Waals surface area contributed by atoms with E-state index in [-0.39, 0.29) is 24.1 Å². The van der Waals surface area contributed by atoms with Crippen molar-refractivity contribution in [2.45, 2.75) is 11.7 Å². The fourth-order valence-electron chi connectivity index (χ4n) is 1.33. The van der Waals surface area contributed by atoms with Gasteiger partial charge in [0, 0.05) is 11.9 Å². The van der Waals surface area contributed by atoms with Crippen LogP contribution in [0.15, 0.2) is 17.1 Å². The Kier molecular flexibility index (Phi) is 6.24. The van der Waals surface area contributed by atoms with Gasteiger partial charge in [-0.25, -0.2) is 15.1 Å². The number of aliphatic hydroxyl groups is 1. The normalized spacial score (nSPS) is 20.9. The molecule has 1 fully saturated rings. The van der Waals surface area contributed by atoms with Crippen LogP contribution in [-0.2, 0) is 4.74 Å². The quantitative estimate of drug-likeness (QED) is 0.323. The molecule has 0 aliphatic carbocycles. The monoisotopic (exact) mass is 305 g/mol. The number of nitrogen functional groups attached to an aromatic ring is 1. The summed E-state index contributed by atoms with van der Waals surface area (Å²) in [5.41, 5.74) is 10.1. The first-order valence-corrected chi connectivity index (χ1v) is 6.45. The largest absolute Gasteiger partial charge is 0.393 e. The van der Waals surface area contributed by atoms with Crippen LogP contribution >= 0.6 is 11.8 Å². The van der Waals surface area contributed by atoms with Crippen molar-refractivity contribution < 1.29 is 19.8 Å². The average molecular weight is 305 g/mol. The molecule has 1 aromatic rings. The van der Waals surface area contributed by atoms with Crippen LogP contribution in [0.2, 0.25) is 0 Å². The van der Waals surface area contributed by atoms with Crippen LogP contribution in [-0.4, -0.2) is 43.7 Å². The Morgan fingerprint density at radius 2 is 2.35 bits per heavy atom. The van der Waals surface area contributed by atoms with E-state index < -0.39 is 11.7 Å². The van der Waals surface area contributed by atoms with Crippen molar-refractivity contribution in [3.05, 3.63) is 22.7 Å². The number of nitrogens with one attached hydrogen (secondary N) is 1. The Hall–Kier alpha value is -1.82. The van der Waals surface area contributed by atoms with E-state index in [9.17, 15) is 9.59 Å². The summed E-state index contributed by atoms with van der Waals surface area (Å²) < 4.78 is 6.79. The summed E-state index contributed by atoms with van der Waals surface area (Å²) >= 11 is 1.47. The van der Waals surface area contributed by atoms with Gasteiger partial charge in [0.1, 0.15) is 17.5 Å². The van der Waals surface area contributed by atoms with Gasteiger partial charge in [-0.2, -0.15) is 4.98 Å². The van der Waals surface area contributed by atoms with Crippen molar-refractivity contribution in [2.75, 3.05) is 18.1 Å². The molecule has 0 radical (unpaired) electrons. The second-order valence-electron chi connectivity index (χ2n) is 3.55. The van der Waals surface area contributed by atoms with E-state index in [0.29, 0.717) is 5.75 Å². The number of anilines is 1. The van der Waals surface area contributed by atoms with Crippen molar-refractivity contribution in [1.82, 2.24) is 15.0 Å². The minimum absolute atomic E-state index is 0.0572. The number of nitrogens with zero attached hydrogens (tertiary/aromatic N) is 2. The third kappa shape index (κ3) is 4.70. The number of hydroxylamine groups is 1. The maximum atomic E-state index is 11.4. The zero-order chi connectivity index (χ0) is 15.1. The molecular formula is C9H15N5O5S. The predicted molar refractivity (Wildman–Crippen MR) is 70.9 cm³/mol. The number of amides is 2. The Labute approximate surface area is 117 Å². The number of hydrogen-bond donors (Lipinski definition) is 5. The van der Waals surface area contributed by atoms with Gasteiger partial charge < -0.3 is 21.3 Å². The minimum atomic E-state index is -0.940. The van der Waals surface area contributed by atoms with E-state index in [2.05, 4.69) is 10.7 Å². The molecule has 1 aromatic heterocycles. The van der Waals surface area contributed by atoms with Gasteiger partial charge in [0.05, 0.1) is 6.61 Å². The van der Waals surface area contributed by atoms with Crippen molar-refractivity contribution in [1.29, 1.82) is 0 Å². The number of hydrogen-bond acceptors (Lipinski definition) is 8. The molecule has 0 bridgehead atoms. The van der Waals surface area contributed by atoms with E-state index in [1.807, 2.05) is 0 Å². The molecule has 2 heterocycles. The summed E-state index contributed by atoms with van der Waals surface area (Å²) in [4.78, 5) is 24.3. The zero-order valence-electron chi connectivity index (χ0n) is 10.3. The molecule has 0 spiro atoms. The first kappa shape index (κ1) is 16.2.